The van der Waals surface area contributed by atoms with Crippen LogP contribution < -0.4 is 0 Å². The molecule has 8 saturated carbocycles. The van der Waals surface area contributed by atoms with Gasteiger partial charge in [0.15, 0.2) is 0 Å². The van der Waals surface area contributed by atoms with Gasteiger partial charge >= 0.3 is 0 Å². The first-order valence-electron chi connectivity index (χ1n) is 9.81. The monoisotopic (exact) mass is 314 g/mol. The molecular formula is C20H26O3. The van der Waals surface area contributed by atoms with Crippen LogP contribution in [0.3, 0.4) is 0 Å². The molecule has 0 saturated heterocycles. The van der Waals surface area contributed by atoms with Gasteiger partial charge < -0.3 is 4.74 Å². The maximum absolute atomic E-state index is 12.4. The fraction of sp³-hybridized carbons (Fsp3) is 0.900. The summed E-state index contributed by atoms with van der Waals surface area (Å²) >= 11 is 0. The molecule has 8 bridgehead atoms. The maximum atomic E-state index is 12.4. The number of carbonyl (C=O) groups excluding carboxylic acids is 2. The minimum atomic E-state index is -0.0148. The lowest BCUT2D eigenvalue weighted by molar-refractivity contribution is -0.256. The highest BCUT2D eigenvalue weighted by molar-refractivity contribution is 5.86. The number of Topliss-reactive ketones (excluding diaryl/α,β-unsaturated/α-hetero) is 2. The highest BCUT2D eigenvalue weighted by Crippen LogP contribution is 2.61. The standard InChI is InChI=1S/C20H26O3/c21-17-13-1-11-2-14(17)8-19(5-11,7-13)23-20-6-12-3-15(9-20)18(22)16(4-12)10-20/h11-16H,1-10H2. The van der Waals surface area contributed by atoms with E-state index < -0.39 is 0 Å². The first-order chi connectivity index (χ1) is 11.0. The predicted molar refractivity (Wildman–Crippen MR) is 83.7 cm³/mol. The van der Waals surface area contributed by atoms with E-state index in [1.807, 2.05) is 0 Å². The van der Waals surface area contributed by atoms with Crippen molar-refractivity contribution in [1.29, 1.82) is 0 Å². The van der Waals surface area contributed by atoms with Crippen molar-refractivity contribution in [2.45, 2.75) is 75.4 Å². The summed E-state index contributed by atoms with van der Waals surface area (Å²) in [7, 11) is 0. The second-order valence-electron chi connectivity index (χ2n) is 9.96. The Kier molecular flexibility index (Phi) is 2.42. The van der Waals surface area contributed by atoms with Crippen LogP contribution in [-0.2, 0) is 14.3 Å². The van der Waals surface area contributed by atoms with Crippen LogP contribution in [0.25, 0.3) is 0 Å². The van der Waals surface area contributed by atoms with Gasteiger partial charge in [-0.05, 0) is 76.0 Å². The molecule has 0 aromatic rings. The number of ketones is 2. The average Bonchev–Trinajstić information content (AvgIpc) is 2.47. The summed E-state index contributed by atoms with van der Waals surface area (Å²) in [4.78, 5) is 24.8. The van der Waals surface area contributed by atoms with E-state index in [-0.39, 0.29) is 34.9 Å². The van der Waals surface area contributed by atoms with E-state index in [4.69, 9.17) is 4.74 Å². The van der Waals surface area contributed by atoms with E-state index >= 15 is 0 Å². The molecule has 3 nitrogen and oxygen atoms in total. The Morgan fingerprint density at radius 3 is 1.30 bits per heavy atom. The summed E-state index contributed by atoms with van der Waals surface area (Å²) in [5.74, 6) is 3.69. The van der Waals surface area contributed by atoms with Crippen LogP contribution in [0.2, 0.25) is 0 Å². The van der Waals surface area contributed by atoms with Gasteiger partial charge in [0.05, 0.1) is 11.2 Å². The lowest BCUT2D eigenvalue weighted by atomic mass is 9.51. The van der Waals surface area contributed by atoms with Crippen molar-refractivity contribution in [1.82, 2.24) is 0 Å². The fourth-order valence-corrected chi connectivity index (χ4v) is 8.06. The summed E-state index contributed by atoms with van der Waals surface area (Å²) in [6.07, 6.45) is 10.8. The molecule has 0 amide bonds. The largest absolute Gasteiger partial charge is 0.368 e. The number of hydrogen-bond acceptors (Lipinski definition) is 3. The van der Waals surface area contributed by atoms with Crippen molar-refractivity contribution in [2.24, 2.45) is 35.5 Å². The van der Waals surface area contributed by atoms with E-state index in [1.165, 1.54) is 12.8 Å². The van der Waals surface area contributed by atoms with Crippen molar-refractivity contribution in [3.63, 3.8) is 0 Å². The van der Waals surface area contributed by atoms with Crippen LogP contribution >= 0.6 is 0 Å². The van der Waals surface area contributed by atoms with Gasteiger partial charge in [-0.1, -0.05) is 0 Å². The predicted octanol–water partition coefficient (Wildman–Crippen LogP) is 3.30. The fourth-order valence-electron chi connectivity index (χ4n) is 8.06. The lowest BCUT2D eigenvalue weighted by Crippen LogP contribution is -2.63. The van der Waals surface area contributed by atoms with E-state index in [0.29, 0.717) is 11.6 Å². The summed E-state index contributed by atoms with van der Waals surface area (Å²) in [5.41, 5.74) is -0.0295. The molecule has 4 unspecified atom stereocenters. The molecule has 0 aliphatic heterocycles. The molecule has 23 heavy (non-hydrogen) atoms. The third kappa shape index (κ3) is 1.75. The van der Waals surface area contributed by atoms with Crippen molar-refractivity contribution >= 4 is 11.6 Å². The van der Waals surface area contributed by atoms with Crippen LogP contribution in [0.15, 0.2) is 0 Å². The number of rotatable bonds is 2. The van der Waals surface area contributed by atoms with Crippen LogP contribution in [-0.4, -0.2) is 22.8 Å². The molecule has 0 N–H and O–H groups in total. The molecule has 8 aliphatic rings. The van der Waals surface area contributed by atoms with Crippen molar-refractivity contribution in [3.05, 3.63) is 0 Å². The lowest BCUT2D eigenvalue weighted by Gasteiger charge is -2.62. The van der Waals surface area contributed by atoms with Crippen molar-refractivity contribution in [3.8, 4) is 0 Å². The van der Waals surface area contributed by atoms with Crippen molar-refractivity contribution < 1.29 is 14.3 Å². The zero-order valence-electron chi connectivity index (χ0n) is 13.8. The van der Waals surface area contributed by atoms with Gasteiger partial charge in [0.1, 0.15) is 11.6 Å². The third-order valence-electron chi connectivity index (χ3n) is 8.31. The van der Waals surface area contributed by atoms with Gasteiger partial charge in [-0.3, -0.25) is 9.59 Å². The minimum absolute atomic E-state index is 0.0148. The number of ether oxygens (including phenoxy) is 1. The Labute approximate surface area is 137 Å². The van der Waals surface area contributed by atoms with E-state index in [2.05, 4.69) is 0 Å². The molecule has 8 aliphatic carbocycles. The number of carbonyl (C=O) groups is 2. The summed E-state index contributed by atoms with van der Waals surface area (Å²) < 4.78 is 7.04. The molecule has 0 radical (unpaired) electrons. The normalized spacial score (nSPS) is 59.1. The SMILES string of the molecule is O=C1C2CC3CC1CC(OC14CC5CC(C1)C(=O)C(C5)C4)(C3)C2. The molecule has 8 rings (SSSR count). The van der Waals surface area contributed by atoms with Crippen molar-refractivity contribution in [2.75, 3.05) is 0 Å². The van der Waals surface area contributed by atoms with Gasteiger partial charge in [-0.2, -0.15) is 0 Å². The zero-order chi connectivity index (χ0) is 15.4. The first-order valence-corrected chi connectivity index (χ1v) is 9.81. The maximum Gasteiger partial charge on any atom is 0.139 e. The molecule has 3 heteroatoms. The molecule has 124 valence electrons. The number of hydrogen-bond donors (Lipinski definition) is 0. The Morgan fingerprint density at radius 1 is 0.609 bits per heavy atom. The third-order valence-corrected chi connectivity index (χ3v) is 8.31. The summed E-state index contributed by atoms with van der Waals surface area (Å²) in [6.45, 7) is 0. The highest BCUT2D eigenvalue weighted by atomic mass is 16.5. The van der Waals surface area contributed by atoms with Gasteiger partial charge in [-0.25, -0.2) is 0 Å². The van der Waals surface area contributed by atoms with E-state index in [0.717, 1.165) is 63.2 Å². The van der Waals surface area contributed by atoms with E-state index in [9.17, 15) is 9.59 Å². The smallest absolute Gasteiger partial charge is 0.139 e. The molecular weight excluding hydrogens is 288 g/mol. The van der Waals surface area contributed by atoms with Crippen LogP contribution in [0.5, 0.6) is 0 Å². The Balaban J connectivity index is 1.32. The second kappa shape index (κ2) is 4.09. The van der Waals surface area contributed by atoms with Crippen LogP contribution in [0.1, 0.15) is 64.2 Å². The van der Waals surface area contributed by atoms with Gasteiger partial charge in [-0.15, -0.1) is 0 Å². The molecule has 0 aromatic carbocycles. The zero-order valence-corrected chi connectivity index (χ0v) is 13.8. The Hall–Kier alpha value is -0.700. The van der Waals surface area contributed by atoms with Gasteiger partial charge in [0, 0.05) is 23.7 Å². The highest BCUT2D eigenvalue weighted by Gasteiger charge is 2.62. The molecule has 0 spiro atoms. The van der Waals surface area contributed by atoms with E-state index in [1.54, 1.807) is 0 Å². The first kappa shape index (κ1) is 13.6. The quantitative estimate of drug-likeness (QED) is 0.785. The molecule has 0 heterocycles. The molecule has 8 fully saturated rings. The minimum Gasteiger partial charge on any atom is -0.368 e. The summed E-state index contributed by atoms with van der Waals surface area (Å²) in [5, 5.41) is 0. The summed E-state index contributed by atoms with van der Waals surface area (Å²) in [6, 6.07) is 0. The molecule has 0 aromatic heterocycles. The second-order valence-corrected chi connectivity index (χ2v) is 9.96. The van der Waals surface area contributed by atoms with Gasteiger partial charge in [0.2, 0.25) is 0 Å². The Bertz CT molecular complexity index is 520. The van der Waals surface area contributed by atoms with Crippen LogP contribution in [0.4, 0.5) is 0 Å². The van der Waals surface area contributed by atoms with Crippen LogP contribution in [0, 0.1) is 35.5 Å². The topological polar surface area (TPSA) is 43.4 Å². The average molecular weight is 314 g/mol. The van der Waals surface area contributed by atoms with Gasteiger partial charge in [0.25, 0.3) is 0 Å². The Morgan fingerprint density at radius 2 is 0.957 bits per heavy atom. The molecule has 4 atom stereocenters.